The van der Waals surface area contributed by atoms with Crippen molar-refractivity contribution in [3.63, 3.8) is 0 Å². The van der Waals surface area contributed by atoms with E-state index in [-0.39, 0.29) is 17.7 Å². The maximum atomic E-state index is 12.3. The van der Waals surface area contributed by atoms with Crippen LogP contribution in [-0.2, 0) is 16.1 Å². The van der Waals surface area contributed by atoms with E-state index in [1.54, 1.807) is 22.4 Å². The molecule has 1 fully saturated rings. The third kappa shape index (κ3) is 3.73. The van der Waals surface area contributed by atoms with E-state index >= 15 is 0 Å². The molecule has 1 saturated heterocycles. The summed E-state index contributed by atoms with van der Waals surface area (Å²) in [5, 5.41) is 4.95. The Hall–Kier alpha value is -2.41. The number of piperidine rings is 1. The number of amides is 2. The average Bonchev–Trinajstić information content (AvgIpc) is 3.30. The van der Waals surface area contributed by atoms with Gasteiger partial charge in [-0.15, -0.1) is 11.3 Å². The standard InChI is InChI=1S/C17H20N4O2S/c1-2-16(22)21-7-5-12(6-8-21)17(23)19-11-15-18-10-13(20-15)14-4-3-9-24-14/h2-4,9-10,12H,1,5-8,11H2,(H,18,20)(H,19,23). The highest BCUT2D eigenvalue weighted by Crippen LogP contribution is 2.22. The third-order valence-corrected chi connectivity index (χ3v) is 5.10. The molecule has 0 bridgehead atoms. The van der Waals surface area contributed by atoms with Gasteiger partial charge in [0, 0.05) is 19.0 Å². The van der Waals surface area contributed by atoms with Crippen LogP contribution in [0.25, 0.3) is 10.6 Å². The van der Waals surface area contributed by atoms with Gasteiger partial charge >= 0.3 is 0 Å². The number of carbonyl (C=O) groups is 2. The van der Waals surface area contributed by atoms with Gasteiger partial charge < -0.3 is 15.2 Å². The van der Waals surface area contributed by atoms with Crippen molar-refractivity contribution in [1.82, 2.24) is 20.2 Å². The first-order valence-electron chi connectivity index (χ1n) is 7.94. The number of carbonyl (C=O) groups excluding carboxylic acids is 2. The molecule has 1 aliphatic heterocycles. The molecule has 2 aromatic rings. The van der Waals surface area contributed by atoms with E-state index in [0.29, 0.717) is 32.5 Å². The van der Waals surface area contributed by atoms with Gasteiger partial charge in [-0.2, -0.15) is 0 Å². The number of aromatic amines is 1. The number of imidazole rings is 1. The van der Waals surface area contributed by atoms with E-state index in [1.807, 2.05) is 17.5 Å². The van der Waals surface area contributed by atoms with Crippen molar-refractivity contribution >= 4 is 23.2 Å². The average molecular weight is 344 g/mol. The van der Waals surface area contributed by atoms with E-state index in [0.717, 1.165) is 16.4 Å². The molecule has 24 heavy (non-hydrogen) atoms. The molecule has 0 spiro atoms. The Labute approximate surface area is 144 Å². The van der Waals surface area contributed by atoms with Crippen LogP contribution in [0.3, 0.4) is 0 Å². The number of hydrogen-bond donors (Lipinski definition) is 2. The molecule has 3 heterocycles. The zero-order valence-corrected chi connectivity index (χ0v) is 14.1. The van der Waals surface area contributed by atoms with Crippen LogP contribution in [0.1, 0.15) is 18.7 Å². The van der Waals surface area contributed by atoms with Crippen molar-refractivity contribution in [2.24, 2.45) is 5.92 Å². The number of thiophene rings is 1. The van der Waals surface area contributed by atoms with Crippen LogP contribution in [-0.4, -0.2) is 39.8 Å². The van der Waals surface area contributed by atoms with Crippen LogP contribution < -0.4 is 5.32 Å². The van der Waals surface area contributed by atoms with E-state index in [2.05, 4.69) is 21.9 Å². The molecule has 0 saturated carbocycles. The third-order valence-electron chi connectivity index (χ3n) is 4.20. The fourth-order valence-electron chi connectivity index (χ4n) is 2.82. The molecule has 6 nitrogen and oxygen atoms in total. The van der Waals surface area contributed by atoms with Crippen LogP contribution in [0.5, 0.6) is 0 Å². The summed E-state index contributed by atoms with van der Waals surface area (Å²) < 4.78 is 0. The van der Waals surface area contributed by atoms with E-state index in [1.165, 1.54) is 6.08 Å². The zero-order valence-electron chi connectivity index (χ0n) is 13.3. The highest BCUT2D eigenvalue weighted by atomic mass is 32.1. The second kappa shape index (κ2) is 7.44. The predicted octanol–water partition coefficient (Wildman–Crippen LogP) is 2.18. The number of aromatic nitrogens is 2. The van der Waals surface area contributed by atoms with Gasteiger partial charge in [-0.25, -0.2) is 4.98 Å². The molecular formula is C17H20N4O2S. The summed E-state index contributed by atoms with van der Waals surface area (Å²) in [6.45, 7) is 5.08. The van der Waals surface area contributed by atoms with Crippen LogP contribution in [0.15, 0.2) is 36.4 Å². The molecule has 0 aromatic carbocycles. The monoisotopic (exact) mass is 344 g/mol. The maximum Gasteiger partial charge on any atom is 0.245 e. The summed E-state index contributed by atoms with van der Waals surface area (Å²) >= 11 is 1.64. The van der Waals surface area contributed by atoms with Crippen LogP contribution >= 0.6 is 11.3 Å². The van der Waals surface area contributed by atoms with Crippen molar-refractivity contribution in [2.45, 2.75) is 19.4 Å². The first-order chi connectivity index (χ1) is 11.7. The van der Waals surface area contributed by atoms with Crippen molar-refractivity contribution in [2.75, 3.05) is 13.1 Å². The molecular weight excluding hydrogens is 324 g/mol. The minimum absolute atomic E-state index is 0.0229. The van der Waals surface area contributed by atoms with Gasteiger partial charge in [-0.3, -0.25) is 9.59 Å². The number of nitrogens with one attached hydrogen (secondary N) is 2. The van der Waals surface area contributed by atoms with Crippen molar-refractivity contribution < 1.29 is 9.59 Å². The largest absolute Gasteiger partial charge is 0.349 e. The van der Waals surface area contributed by atoms with Gasteiger partial charge in [-0.1, -0.05) is 12.6 Å². The molecule has 2 N–H and O–H groups in total. The lowest BCUT2D eigenvalue weighted by Crippen LogP contribution is -2.42. The lowest BCUT2D eigenvalue weighted by atomic mass is 9.96. The van der Waals surface area contributed by atoms with Crippen LogP contribution in [0.4, 0.5) is 0 Å². The summed E-state index contributed by atoms with van der Waals surface area (Å²) in [7, 11) is 0. The number of rotatable bonds is 5. The van der Waals surface area contributed by atoms with Gasteiger partial charge in [0.1, 0.15) is 5.82 Å². The number of nitrogens with zero attached hydrogens (tertiary/aromatic N) is 2. The highest BCUT2D eigenvalue weighted by molar-refractivity contribution is 7.13. The molecule has 1 aliphatic rings. The Balaban J connectivity index is 1.48. The topological polar surface area (TPSA) is 78.1 Å². The summed E-state index contributed by atoms with van der Waals surface area (Å²) in [5.74, 6) is 0.650. The normalized spacial score (nSPS) is 15.2. The number of likely N-dealkylation sites (tertiary alicyclic amines) is 1. The first-order valence-corrected chi connectivity index (χ1v) is 8.82. The summed E-state index contributed by atoms with van der Waals surface area (Å²) in [6, 6.07) is 4.02. The minimum atomic E-state index is -0.0643. The van der Waals surface area contributed by atoms with Crippen molar-refractivity contribution in [3.8, 4) is 10.6 Å². The lowest BCUT2D eigenvalue weighted by Gasteiger charge is -2.30. The number of hydrogen-bond acceptors (Lipinski definition) is 4. The maximum absolute atomic E-state index is 12.3. The van der Waals surface area contributed by atoms with Gasteiger partial charge in [0.05, 0.1) is 23.3 Å². The molecule has 0 aliphatic carbocycles. The molecule has 0 radical (unpaired) electrons. The quantitative estimate of drug-likeness (QED) is 0.816. The number of H-pyrrole nitrogens is 1. The highest BCUT2D eigenvalue weighted by Gasteiger charge is 2.26. The fourth-order valence-corrected chi connectivity index (χ4v) is 3.51. The summed E-state index contributed by atoms with van der Waals surface area (Å²) in [6.07, 6.45) is 4.48. The lowest BCUT2D eigenvalue weighted by molar-refractivity contribution is -0.132. The molecule has 0 unspecified atom stereocenters. The zero-order chi connectivity index (χ0) is 16.9. The summed E-state index contributed by atoms with van der Waals surface area (Å²) in [5.41, 5.74) is 0.963. The fraction of sp³-hybridized carbons (Fsp3) is 0.353. The van der Waals surface area contributed by atoms with Gasteiger partial charge in [0.25, 0.3) is 0 Å². The SMILES string of the molecule is C=CC(=O)N1CCC(C(=O)NCc2ncc(-c3cccs3)[nH]2)CC1. The second-order valence-electron chi connectivity index (χ2n) is 5.74. The first kappa shape index (κ1) is 16.4. The van der Waals surface area contributed by atoms with E-state index < -0.39 is 0 Å². The Morgan fingerprint density at radius 1 is 1.46 bits per heavy atom. The van der Waals surface area contributed by atoms with Gasteiger partial charge in [0.2, 0.25) is 11.8 Å². The molecule has 2 aromatic heterocycles. The van der Waals surface area contributed by atoms with Crippen LogP contribution in [0, 0.1) is 5.92 Å². The molecule has 126 valence electrons. The van der Waals surface area contributed by atoms with Crippen molar-refractivity contribution in [3.05, 3.63) is 42.2 Å². The second-order valence-corrected chi connectivity index (χ2v) is 6.69. The molecule has 0 atom stereocenters. The Morgan fingerprint density at radius 2 is 2.25 bits per heavy atom. The van der Waals surface area contributed by atoms with Gasteiger partial charge in [0.15, 0.2) is 0 Å². The van der Waals surface area contributed by atoms with Crippen molar-refractivity contribution in [1.29, 1.82) is 0 Å². The molecule has 3 rings (SSSR count). The van der Waals surface area contributed by atoms with Crippen LogP contribution in [0.2, 0.25) is 0 Å². The smallest absolute Gasteiger partial charge is 0.245 e. The Kier molecular flexibility index (Phi) is 5.10. The summed E-state index contributed by atoms with van der Waals surface area (Å²) in [4.78, 5) is 34.2. The molecule has 2 amide bonds. The minimum Gasteiger partial charge on any atom is -0.349 e. The predicted molar refractivity (Wildman–Crippen MR) is 93.2 cm³/mol. The van der Waals surface area contributed by atoms with E-state index in [9.17, 15) is 9.59 Å². The Morgan fingerprint density at radius 3 is 2.92 bits per heavy atom. The molecule has 7 heteroatoms. The van der Waals surface area contributed by atoms with E-state index in [4.69, 9.17) is 0 Å². The van der Waals surface area contributed by atoms with Gasteiger partial charge in [-0.05, 0) is 30.4 Å². The Bertz CT molecular complexity index is 715.